The van der Waals surface area contributed by atoms with Gasteiger partial charge in [-0.2, -0.15) is 0 Å². The molecule has 0 aromatic heterocycles. The number of aliphatic hydroxyl groups excluding tert-OH is 2. The van der Waals surface area contributed by atoms with Crippen molar-refractivity contribution in [3.05, 3.63) is 52.0 Å². The summed E-state index contributed by atoms with van der Waals surface area (Å²) < 4.78 is 0. The second-order valence-corrected chi connectivity index (χ2v) is 8.40. The molecule has 1 aromatic carbocycles. The molecule has 0 amide bonds. The van der Waals surface area contributed by atoms with Gasteiger partial charge in [0.25, 0.3) is 0 Å². The van der Waals surface area contributed by atoms with Crippen LogP contribution in [0.1, 0.15) is 22.3 Å². The molecule has 0 unspecified atom stereocenters. The summed E-state index contributed by atoms with van der Waals surface area (Å²) in [6.45, 7) is 3.12. The number of carbonyl (C=O) groups is 2. The molecule has 0 bridgehead atoms. The van der Waals surface area contributed by atoms with Gasteiger partial charge in [0.05, 0.1) is 23.7 Å². The van der Waals surface area contributed by atoms with Crippen molar-refractivity contribution >= 4 is 18.3 Å². The first kappa shape index (κ1) is 20.3. The summed E-state index contributed by atoms with van der Waals surface area (Å²) in [5.41, 5.74) is -1.84. The predicted molar refractivity (Wildman–Crippen MR) is 109 cm³/mol. The van der Waals surface area contributed by atoms with Gasteiger partial charge in [0.15, 0.2) is 11.4 Å². The van der Waals surface area contributed by atoms with Crippen molar-refractivity contribution in [1.82, 2.24) is 4.90 Å². The molecule has 0 fully saturated rings. The highest BCUT2D eigenvalue weighted by atomic mass is 16.3. The number of phenolic OH excluding ortho intramolecular Hbond substituents is 1. The third-order valence-electron chi connectivity index (χ3n) is 6.58. The number of aliphatic hydroxyl groups is 3. The second kappa shape index (κ2) is 6.78. The first-order valence-electron chi connectivity index (χ1n) is 9.71. The fourth-order valence-electron chi connectivity index (χ4n) is 5.28. The summed E-state index contributed by atoms with van der Waals surface area (Å²) in [4.78, 5) is 31.8. The predicted octanol–water partition coefficient (Wildman–Crippen LogP) is 1.34. The molecule has 1 aromatic rings. The SMILES string of the molecule is C=NCC1=C(O)[C@@H](N(C)C)[C@@H]2C[C@@H]3Cc4cccc(O)c4C(=O)C3=C(O)[C@]2(O)C1=O. The standard InChI is InChI=1S/C22H24N2O6/c1-23-9-12-18(26)17(24(2)3)13-8-11-7-10-5-4-6-14(25)15(10)19(27)16(11)21(29)22(13,30)20(12)28/h4-6,11,13,17,25-26,29-30H,1,7-9H2,2-3H3/t11-,13-,17-,22+/m0/s1. The van der Waals surface area contributed by atoms with Crippen LogP contribution in [-0.2, 0) is 11.2 Å². The number of Topliss-reactive ketones (excluding diaryl/α,β-unsaturated/α-hetero) is 2. The third-order valence-corrected chi connectivity index (χ3v) is 6.58. The van der Waals surface area contributed by atoms with Crippen LogP contribution < -0.4 is 0 Å². The number of ketones is 2. The third kappa shape index (κ3) is 2.50. The zero-order valence-electron chi connectivity index (χ0n) is 16.8. The van der Waals surface area contributed by atoms with Crippen LogP contribution in [0.2, 0.25) is 0 Å². The summed E-state index contributed by atoms with van der Waals surface area (Å²) in [6, 6.07) is 4.01. The molecule has 4 rings (SSSR count). The van der Waals surface area contributed by atoms with Gasteiger partial charge in [-0.25, -0.2) is 0 Å². The Morgan fingerprint density at radius 3 is 2.57 bits per heavy atom. The molecule has 0 spiro atoms. The maximum absolute atomic E-state index is 13.2. The van der Waals surface area contributed by atoms with Crippen molar-refractivity contribution in [1.29, 1.82) is 0 Å². The second-order valence-electron chi connectivity index (χ2n) is 8.40. The van der Waals surface area contributed by atoms with Gasteiger partial charge in [-0.1, -0.05) is 12.1 Å². The van der Waals surface area contributed by atoms with E-state index in [0.29, 0.717) is 12.0 Å². The Bertz CT molecular complexity index is 1040. The molecular weight excluding hydrogens is 388 g/mol. The van der Waals surface area contributed by atoms with E-state index in [1.54, 1.807) is 31.1 Å². The topological polar surface area (TPSA) is 131 Å². The van der Waals surface area contributed by atoms with Crippen molar-refractivity contribution in [2.24, 2.45) is 16.8 Å². The summed E-state index contributed by atoms with van der Waals surface area (Å²) in [7, 11) is 3.40. The van der Waals surface area contributed by atoms with Crippen molar-refractivity contribution in [3.8, 4) is 5.75 Å². The van der Waals surface area contributed by atoms with E-state index >= 15 is 0 Å². The smallest absolute Gasteiger partial charge is 0.203 e. The first-order valence-corrected chi connectivity index (χ1v) is 9.71. The molecule has 8 nitrogen and oxygen atoms in total. The molecule has 0 saturated carbocycles. The minimum atomic E-state index is -2.37. The van der Waals surface area contributed by atoms with E-state index in [1.807, 2.05) is 0 Å². The molecule has 0 saturated heterocycles. The van der Waals surface area contributed by atoms with E-state index in [0.717, 1.165) is 0 Å². The van der Waals surface area contributed by atoms with Crippen LogP contribution in [-0.4, -0.2) is 75.9 Å². The minimum absolute atomic E-state index is 0.0547. The van der Waals surface area contributed by atoms with Crippen LogP contribution in [0.5, 0.6) is 5.75 Å². The number of carbonyl (C=O) groups excluding carboxylic acids is 2. The average molecular weight is 412 g/mol. The van der Waals surface area contributed by atoms with Gasteiger partial charge in [0.2, 0.25) is 5.78 Å². The monoisotopic (exact) mass is 412 g/mol. The fraction of sp³-hybridized carbons (Fsp3) is 0.409. The molecule has 0 aliphatic heterocycles. The van der Waals surface area contributed by atoms with E-state index in [2.05, 4.69) is 11.7 Å². The number of likely N-dealkylation sites (N-methyl/N-ethyl adjacent to an activating group) is 1. The van der Waals surface area contributed by atoms with Gasteiger partial charge < -0.3 is 20.4 Å². The zero-order valence-corrected chi connectivity index (χ0v) is 16.8. The van der Waals surface area contributed by atoms with E-state index in [-0.39, 0.29) is 41.2 Å². The number of hydrogen-bond acceptors (Lipinski definition) is 8. The molecule has 158 valence electrons. The zero-order chi connectivity index (χ0) is 22.0. The molecule has 4 atom stereocenters. The molecule has 30 heavy (non-hydrogen) atoms. The summed E-state index contributed by atoms with van der Waals surface area (Å²) >= 11 is 0. The Morgan fingerprint density at radius 1 is 1.23 bits per heavy atom. The van der Waals surface area contributed by atoms with Gasteiger partial charge >= 0.3 is 0 Å². The lowest BCUT2D eigenvalue weighted by molar-refractivity contribution is -0.147. The van der Waals surface area contributed by atoms with Crippen molar-refractivity contribution in [2.45, 2.75) is 24.5 Å². The molecule has 0 heterocycles. The molecule has 3 aliphatic rings. The lowest BCUT2D eigenvalue weighted by Gasteiger charge is -2.50. The van der Waals surface area contributed by atoms with E-state index in [9.17, 15) is 30.0 Å². The quantitative estimate of drug-likeness (QED) is 0.551. The van der Waals surface area contributed by atoms with Gasteiger partial charge in [0.1, 0.15) is 17.3 Å². The van der Waals surface area contributed by atoms with Crippen molar-refractivity contribution in [3.63, 3.8) is 0 Å². The van der Waals surface area contributed by atoms with E-state index in [4.69, 9.17) is 0 Å². The fourth-order valence-corrected chi connectivity index (χ4v) is 5.28. The maximum atomic E-state index is 13.2. The molecule has 0 radical (unpaired) electrons. The van der Waals surface area contributed by atoms with Crippen LogP contribution >= 0.6 is 0 Å². The number of nitrogens with zero attached hydrogens (tertiary/aromatic N) is 2. The number of rotatable bonds is 3. The van der Waals surface area contributed by atoms with Gasteiger partial charge in [-0.3, -0.25) is 19.5 Å². The van der Waals surface area contributed by atoms with Crippen molar-refractivity contribution < 1.29 is 30.0 Å². The maximum Gasteiger partial charge on any atom is 0.203 e. The normalized spacial score (nSPS) is 30.9. The minimum Gasteiger partial charge on any atom is -0.510 e. The van der Waals surface area contributed by atoms with E-state index in [1.165, 1.54) is 6.07 Å². The summed E-state index contributed by atoms with van der Waals surface area (Å²) in [6.07, 6.45) is 0.561. The van der Waals surface area contributed by atoms with Crippen LogP contribution in [0.4, 0.5) is 0 Å². The Morgan fingerprint density at radius 2 is 1.93 bits per heavy atom. The first-order chi connectivity index (χ1) is 14.1. The average Bonchev–Trinajstić information content (AvgIpc) is 2.68. The van der Waals surface area contributed by atoms with Crippen LogP contribution in [0.3, 0.4) is 0 Å². The summed E-state index contributed by atoms with van der Waals surface area (Å²) in [5, 5.41) is 43.7. The molecule has 4 N–H and O–H groups in total. The highest BCUT2D eigenvalue weighted by Crippen LogP contribution is 2.52. The highest BCUT2D eigenvalue weighted by molar-refractivity contribution is 6.15. The highest BCUT2D eigenvalue weighted by Gasteiger charge is 2.62. The number of benzene rings is 1. The van der Waals surface area contributed by atoms with Gasteiger partial charge in [-0.15, -0.1) is 0 Å². The van der Waals surface area contributed by atoms with Crippen LogP contribution in [0.25, 0.3) is 0 Å². The number of aliphatic imine (C=N–C) groups is 1. The number of allylic oxidation sites excluding steroid dienone is 1. The lowest BCUT2D eigenvalue weighted by Crippen LogP contribution is -2.63. The Labute approximate surface area is 173 Å². The lowest BCUT2D eigenvalue weighted by atomic mass is 9.58. The number of fused-ring (bicyclic) bond motifs is 3. The molecular formula is C22H24N2O6. The van der Waals surface area contributed by atoms with Crippen molar-refractivity contribution in [2.75, 3.05) is 20.6 Å². The number of aromatic hydroxyl groups is 1. The Hall–Kier alpha value is -2.97. The molecule has 8 heteroatoms. The Kier molecular flexibility index (Phi) is 4.59. The van der Waals surface area contributed by atoms with Gasteiger partial charge in [0, 0.05) is 11.5 Å². The summed E-state index contributed by atoms with van der Waals surface area (Å²) in [5.74, 6) is -3.92. The number of phenols is 1. The van der Waals surface area contributed by atoms with Gasteiger partial charge in [-0.05, 0) is 51.2 Å². The molecule has 3 aliphatic carbocycles. The van der Waals surface area contributed by atoms with E-state index < -0.39 is 40.8 Å². The van der Waals surface area contributed by atoms with Crippen LogP contribution in [0, 0.1) is 11.8 Å². The largest absolute Gasteiger partial charge is 0.510 e. The number of hydrogen-bond donors (Lipinski definition) is 4. The Balaban J connectivity index is 1.94. The van der Waals surface area contributed by atoms with Crippen LogP contribution in [0.15, 0.2) is 45.9 Å².